The molecule has 3 rings (SSSR count). The van der Waals surface area contributed by atoms with Crippen molar-refractivity contribution in [1.82, 2.24) is 9.78 Å². The zero-order valence-electron chi connectivity index (χ0n) is 11.1. The first-order valence-electron chi connectivity index (χ1n) is 6.43. The fourth-order valence-electron chi connectivity index (χ4n) is 2.10. The molecule has 0 atom stereocenters. The van der Waals surface area contributed by atoms with E-state index in [0.29, 0.717) is 17.2 Å². The van der Waals surface area contributed by atoms with Gasteiger partial charge in [0.05, 0.1) is 5.52 Å². The highest BCUT2D eigenvalue weighted by Gasteiger charge is 2.15. The molecule has 0 aliphatic rings. The van der Waals surface area contributed by atoms with Gasteiger partial charge in [-0.2, -0.15) is 9.78 Å². The molecule has 5 nitrogen and oxygen atoms in total. The van der Waals surface area contributed by atoms with E-state index in [2.05, 4.69) is 5.10 Å². The first kappa shape index (κ1) is 13.1. The summed E-state index contributed by atoms with van der Waals surface area (Å²) < 4.78 is 6.34. The quantitative estimate of drug-likeness (QED) is 0.692. The van der Waals surface area contributed by atoms with Gasteiger partial charge < -0.3 is 4.74 Å². The Morgan fingerprint density at radius 1 is 1.10 bits per heavy atom. The maximum absolute atomic E-state index is 12.1. The molecule has 0 bridgehead atoms. The van der Waals surface area contributed by atoms with Gasteiger partial charge in [-0.15, -0.1) is 0 Å². The van der Waals surface area contributed by atoms with Crippen LogP contribution in [0.4, 0.5) is 4.79 Å². The molecule has 0 saturated heterocycles. The highest BCUT2D eigenvalue weighted by molar-refractivity contribution is 5.98. The van der Waals surface area contributed by atoms with Gasteiger partial charge >= 0.3 is 6.09 Å². The van der Waals surface area contributed by atoms with Crippen LogP contribution in [0.2, 0.25) is 0 Å². The smallest absolute Gasteiger partial charge is 0.435 e. The molecule has 0 amide bonds. The molecule has 1 heterocycles. The number of carbonyl (C=O) groups is 2. The number of benzene rings is 2. The van der Waals surface area contributed by atoms with Crippen LogP contribution in [0.15, 0.2) is 54.6 Å². The van der Waals surface area contributed by atoms with Crippen molar-refractivity contribution in [3.05, 3.63) is 65.9 Å². The van der Waals surface area contributed by atoms with Gasteiger partial charge in [0.1, 0.15) is 12.3 Å². The van der Waals surface area contributed by atoms with Crippen molar-refractivity contribution in [2.75, 3.05) is 0 Å². The number of rotatable bonds is 3. The maximum atomic E-state index is 12.1. The molecule has 0 radical (unpaired) electrons. The number of hydrogen-bond acceptors (Lipinski definition) is 4. The Kier molecular flexibility index (Phi) is 3.47. The topological polar surface area (TPSA) is 61.2 Å². The van der Waals surface area contributed by atoms with Gasteiger partial charge in [0.2, 0.25) is 0 Å². The van der Waals surface area contributed by atoms with Crippen LogP contribution in [0.3, 0.4) is 0 Å². The average molecular weight is 280 g/mol. The van der Waals surface area contributed by atoms with E-state index in [1.807, 2.05) is 30.3 Å². The molecule has 3 aromatic rings. The van der Waals surface area contributed by atoms with Crippen LogP contribution in [0.5, 0.6) is 0 Å². The van der Waals surface area contributed by atoms with Gasteiger partial charge in [-0.25, -0.2) is 4.79 Å². The number of aromatic nitrogens is 2. The Morgan fingerprint density at radius 3 is 2.57 bits per heavy atom. The summed E-state index contributed by atoms with van der Waals surface area (Å²) in [6.45, 7) is 0.157. The number of hydrogen-bond donors (Lipinski definition) is 0. The van der Waals surface area contributed by atoms with Crippen molar-refractivity contribution in [3.8, 4) is 0 Å². The maximum Gasteiger partial charge on any atom is 0.435 e. The van der Waals surface area contributed by atoms with Gasteiger partial charge in [-0.05, 0) is 11.6 Å². The molecule has 0 unspecified atom stereocenters. The van der Waals surface area contributed by atoms with Gasteiger partial charge in [0.15, 0.2) is 6.29 Å². The first-order valence-corrected chi connectivity index (χ1v) is 6.43. The van der Waals surface area contributed by atoms with E-state index in [1.54, 1.807) is 24.3 Å². The molecule has 2 aromatic carbocycles. The average Bonchev–Trinajstić information content (AvgIpc) is 2.92. The van der Waals surface area contributed by atoms with Crippen molar-refractivity contribution >= 4 is 23.3 Å². The second-order valence-corrected chi connectivity index (χ2v) is 4.47. The summed E-state index contributed by atoms with van der Waals surface area (Å²) in [5.74, 6) is 0. The molecular weight excluding hydrogens is 268 g/mol. The monoisotopic (exact) mass is 280 g/mol. The second-order valence-electron chi connectivity index (χ2n) is 4.47. The third-order valence-corrected chi connectivity index (χ3v) is 3.11. The molecule has 0 aliphatic carbocycles. The minimum Gasteiger partial charge on any atom is -0.443 e. The van der Waals surface area contributed by atoms with Gasteiger partial charge in [0, 0.05) is 5.39 Å². The molecule has 104 valence electrons. The van der Waals surface area contributed by atoms with Gasteiger partial charge in [-0.1, -0.05) is 48.5 Å². The van der Waals surface area contributed by atoms with Crippen LogP contribution in [0.25, 0.3) is 10.9 Å². The lowest BCUT2D eigenvalue weighted by molar-refractivity contribution is 0.111. The van der Waals surface area contributed by atoms with Gasteiger partial charge in [0.25, 0.3) is 0 Å². The van der Waals surface area contributed by atoms with Crippen LogP contribution in [0, 0.1) is 0 Å². The Labute approximate surface area is 120 Å². The molecule has 0 fully saturated rings. The Morgan fingerprint density at radius 2 is 1.81 bits per heavy atom. The molecule has 21 heavy (non-hydrogen) atoms. The Hall–Kier alpha value is -2.95. The van der Waals surface area contributed by atoms with E-state index in [4.69, 9.17) is 4.74 Å². The summed E-state index contributed by atoms with van der Waals surface area (Å²) in [5.41, 5.74) is 1.66. The van der Waals surface area contributed by atoms with Gasteiger partial charge in [-0.3, -0.25) is 4.79 Å². The first-order chi connectivity index (χ1) is 10.3. The fourth-order valence-corrected chi connectivity index (χ4v) is 2.10. The molecular formula is C16H12N2O3. The second kappa shape index (κ2) is 5.58. The van der Waals surface area contributed by atoms with Crippen LogP contribution < -0.4 is 0 Å². The van der Waals surface area contributed by atoms with Crippen molar-refractivity contribution in [2.45, 2.75) is 6.61 Å². The summed E-state index contributed by atoms with van der Waals surface area (Å²) in [7, 11) is 0. The predicted octanol–water partition coefficient (Wildman–Crippen LogP) is 3.03. The van der Waals surface area contributed by atoms with Crippen molar-refractivity contribution in [1.29, 1.82) is 0 Å². The zero-order valence-corrected chi connectivity index (χ0v) is 11.1. The Bertz CT molecular complexity index is 794. The highest BCUT2D eigenvalue weighted by atomic mass is 16.6. The van der Waals surface area contributed by atoms with E-state index in [9.17, 15) is 9.59 Å². The lowest BCUT2D eigenvalue weighted by Crippen LogP contribution is -2.15. The van der Waals surface area contributed by atoms with E-state index in [0.717, 1.165) is 10.2 Å². The standard InChI is InChI=1S/C16H12N2O3/c19-10-14-13-8-4-5-9-15(13)18(17-14)16(20)21-11-12-6-2-1-3-7-12/h1-10H,11H2. The molecule has 0 saturated carbocycles. The highest BCUT2D eigenvalue weighted by Crippen LogP contribution is 2.17. The van der Waals surface area contributed by atoms with E-state index in [-0.39, 0.29) is 12.3 Å². The molecule has 5 heteroatoms. The van der Waals surface area contributed by atoms with Crippen molar-refractivity contribution in [3.63, 3.8) is 0 Å². The lowest BCUT2D eigenvalue weighted by atomic mass is 10.2. The van der Waals surface area contributed by atoms with E-state index >= 15 is 0 Å². The number of carbonyl (C=O) groups excluding carboxylic acids is 2. The SMILES string of the molecule is O=Cc1nn(C(=O)OCc2ccccc2)c2ccccc12. The van der Waals surface area contributed by atoms with Crippen LogP contribution in [-0.2, 0) is 11.3 Å². The number of fused-ring (bicyclic) bond motifs is 1. The molecule has 1 aromatic heterocycles. The third-order valence-electron chi connectivity index (χ3n) is 3.11. The lowest BCUT2D eigenvalue weighted by Gasteiger charge is -2.05. The predicted molar refractivity (Wildman–Crippen MR) is 77.1 cm³/mol. The summed E-state index contributed by atoms with van der Waals surface area (Å²) in [6.07, 6.45) is 0.0201. The molecule has 0 spiro atoms. The van der Waals surface area contributed by atoms with Crippen molar-refractivity contribution in [2.24, 2.45) is 0 Å². The Balaban J connectivity index is 1.86. The van der Waals surface area contributed by atoms with Crippen molar-refractivity contribution < 1.29 is 14.3 Å². The summed E-state index contributed by atoms with van der Waals surface area (Å²) >= 11 is 0. The van der Waals surface area contributed by atoms with E-state index < -0.39 is 6.09 Å². The van der Waals surface area contributed by atoms with Crippen LogP contribution >= 0.6 is 0 Å². The minimum absolute atomic E-state index is 0.157. The summed E-state index contributed by atoms with van der Waals surface area (Å²) in [4.78, 5) is 23.1. The number of aldehydes is 1. The minimum atomic E-state index is -0.608. The zero-order chi connectivity index (χ0) is 14.7. The van der Waals surface area contributed by atoms with Crippen LogP contribution in [0.1, 0.15) is 16.1 Å². The van der Waals surface area contributed by atoms with E-state index in [1.165, 1.54) is 0 Å². The third kappa shape index (κ3) is 2.53. The number of nitrogens with zero attached hydrogens (tertiary/aromatic N) is 2. The summed E-state index contributed by atoms with van der Waals surface area (Å²) in [5, 5.41) is 4.62. The molecule has 0 N–H and O–H groups in total. The molecule has 0 aliphatic heterocycles. The van der Waals surface area contributed by atoms with Crippen LogP contribution in [-0.4, -0.2) is 22.2 Å². The number of para-hydroxylation sites is 1. The fraction of sp³-hybridized carbons (Fsp3) is 0.0625. The summed E-state index contributed by atoms with van der Waals surface area (Å²) in [6, 6.07) is 16.4. The number of ether oxygens (including phenoxy) is 1. The largest absolute Gasteiger partial charge is 0.443 e. The normalized spacial score (nSPS) is 10.5.